The van der Waals surface area contributed by atoms with Gasteiger partial charge in [-0.25, -0.2) is 0 Å². The Morgan fingerprint density at radius 1 is 1.29 bits per heavy atom. The molecule has 0 fully saturated rings. The Balaban J connectivity index is 2.97. The summed E-state index contributed by atoms with van der Waals surface area (Å²) in [4.78, 5) is 0. The van der Waals surface area contributed by atoms with Crippen LogP contribution in [0.5, 0.6) is 11.5 Å². The number of methoxy groups -OCH3 is 1. The number of hydrogen-bond donors (Lipinski definition) is 2. The van der Waals surface area contributed by atoms with Gasteiger partial charge in [0.1, 0.15) is 6.10 Å². The van der Waals surface area contributed by atoms with E-state index in [-0.39, 0.29) is 11.6 Å². The number of aliphatic hydroxyl groups is 1. The molecule has 1 aromatic rings. The molecule has 2 unspecified atom stereocenters. The van der Waals surface area contributed by atoms with E-state index in [1.807, 2.05) is 19.1 Å². The average molecular weight is 360 g/mol. The lowest BCUT2D eigenvalue weighted by molar-refractivity contribution is 0.0581. The van der Waals surface area contributed by atoms with E-state index < -0.39 is 6.10 Å². The van der Waals surface area contributed by atoms with Crippen LogP contribution in [-0.4, -0.2) is 30.0 Å². The Kier molecular flexibility index (Phi) is 6.50. The van der Waals surface area contributed by atoms with Crippen LogP contribution in [-0.2, 0) is 6.54 Å². The SMILES string of the molecule is COc1cc(CNC(C)(C)C)cc(Br)c1OC(C)C(C)O. The Morgan fingerprint density at radius 3 is 2.38 bits per heavy atom. The quantitative estimate of drug-likeness (QED) is 0.815. The first kappa shape index (κ1) is 18.3. The number of hydrogen-bond acceptors (Lipinski definition) is 4. The fraction of sp³-hybridized carbons (Fsp3) is 0.625. The zero-order valence-electron chi connectivity index (χ0n) is 13.7. The highest BCUT2D eigenvalue weighted by molar-refractivity contribution is 9.10. The van der Waals surface area contributed by atoms with Crippen molar-refractivity contribution in [2.24, 2.45) is 0 Å². The minimum Gasteiger partial charge on any atom is -0.493 e. The molecular formula is C16H26BrNO3. The van der Waals surface area contributed by atoms with Gasteiger partial charge in [0.25, 0.3) is 0 Å². The summed E-state index contributed by atoms with van der Waals surface area (Å²) in [5, 5.41) is 13.0. The van der Waals surface area contributed by atoms with E-state index in [0.29, 0.717) is 11.5 Å². The smallest absolute Gasteiger partial charge is 0.175 e. The normalized spacial score (nSPS) is 14.7. The van der Waals surface area contributed by atoms with Crippen molar-refractivity contribution in [2.75, 3.05) is 7.11 Å². The van der Waals surface area contributed by atoms with E-state index in [0.717, 1.165) is 16.6 Å². The second-order valence-electron chi connectivity index (χ2n) is 6.28. The Labute approximate surface area is 136 Å². The van der Waals surface area contributed by atoms with Gasteiger partial charge < -0.3 is 19.9 Å². The zero-order chi connectivity index (χ0) is 16.2. The van der Waals surface area contributed by atoms with Crippen LogP contribution >= 0.6 is 15.9 Å². The Morgan fingerprint density at radius 2 is 1.90 bits per heavy atom. The molecule has 0 aliphatic rings. The van der Waals surface area contributed by atoms with Crippen LogP contribution in [0.4, 0.5) is 0 Å². The van der Waals surface area contributed by atoms with Gasteiger partial charge in [-0.15, -0.1) is 0 Å². The predicted octanol–water partition coefficient (Wildman–Crippen LogP) is 3.49. The van der Waals surface area contributed by atoms with Crippen LogP contribution in [0.15, 0.2) is 16.6 Å². The molecule has 0 bridgehead atoms. The summed E-state index contributed by atoms with van der Waals surface area (Å²) >= 11 is 3.52. The lowest BCUT2D eigenvalue weighted by Gasteiger charge is -2.23. The molecule has 2 atom stereocenters. The second-order valence-corrected chi connectivity index (χ2v) is 7.13. The highest BCUT2D eigenvalue weighted by Crippen LogP contribution is 2.37. The molecule has 1 rings (SSSR count). The molecule has 0 amide bonds. The van der Waals surface area contributed by atoms with Crippen LogP contribution in [0, 0.1) is 0 Å². The first-order valence-corrected chi connectivity index (χ1v) is 7.89. The van der Waals surface area contributed by atoms with Gasteiger partial charge >= 0.3 is 0 Å². The summed E-state index contributed by atoms with van der Waals surface area (Å²) in [6, 6.07) is 3.96. The van der Waals surface area contributed by atoms with E-state index in [1.165, 1.54) is 0 Å². The number of halogens is 1. The third-order valence-electron chi connectivity index (χ3n) is 3.10. The largest absolute Gasteiger partial charge is 0.493 e. The fourth-order valence-electron chi connectivity index (χ4n) is 1.64. The van der Waals surface area contributed by atoms with Crippen molar-refractivity contribution in [3.05, 3.63) is 22.2 Å². The summed E-state index contributed by atoms with van der Waals surface area (Å²) in [6.45, 7) is 10.6. The number of benzene rings is 1. The second kappa shape index (κ2) is 7.47. The maximum absolute atomic E-state index is 9.57. The lowest BCUT2D eigenvalue weighted by atomic mass is 10.1. The molecule has 0 aliphatic heterocycles. The van der Waals surface area contributed by atoms with Crippen LogP contribution in [0.1, 0.15) is 40.2 Å². The standard InChI is InChI=1S/C16H26BrNO3/c1-10(19)11(2)21-15-13(17)7-12(8-14(15)20-6)9-18-16(3,4)5/h7-8,10-11,18-19H,9H2,1-6H3. The first-order chi connectivity index (χ1) is 9.64. The number of nitrogens with one attached hydrogen (secondary N) is 1. The molecule has 120 valence electrons. The van der Waals surface area contributed by atoms with Gasteiger partial charge in [0, 0.05) is 12.1 Å². The molecule has 4 nitrogen and oxygen atoms in total. The molecule has 0 radical (unpaired) electrons. The monoisotopic (exact) mass is 359 g/mol. The van der Waals surface area contributed by atoms with Crippen molar-refractivity contribution < 1.29 is 14.6 Å². The van der Waals surface area contributed by atoms with Crippen LogP contribution < -0.4 is 14.8 Å². The van der Waals surface area contributed by atoms with E-state index in [9.17, 15) is 5.11 Å². The molecule has 1 aromatic carbocycles. The van der Waals surface area contributed by atoms with Gasteiger partial charge in [-0.3, -0.25) is 0 Å². The van der Waals surface area contributed by atoms with Gasteiger partial charge in [-0.2, -0.15) is 0 Å². The number of aliphatic hydroxyl groups excluding tert-OH is 1. The third kappa shape index (κ3) is 5.85. The molecule has 0 heterocycles. The maximum Gasteiger partial charge on any atom is 0.175 e. The molecule has 0 spiro atoms. The number of ether oxygens (including phenoxy) is 2. The average Bonchev–Trinajstić information content (AvgIpc) is 2.37. The van der Waals surface area contributed by atoms with Crippen molar-refractivity contribution in [1.29, 1.82) is 0 Å². The molecule has 21 heavy (non-hydrogen) atoms. The van der Waals surface area contributed by atoms with Gasteiger partial charge in [0.2, 0.25) is 0 Å². The van der Waals surface area contributed by atoms with Gasteiger partial charge in [-0.1, -0.05) is 0 Å². The van der Waals surface area contributed by atoms with Crippen LogP contribution in [0.25, 0.3) is 0 Å². The van der Waals surface area contributed by atoms with Crippen LogP contribution in [0.2, 0.25) is 0 Å². The van der Waals surface area contributed by atoms with Crippen molar-refractivity contribution >= 4 is 15.9 Å². The van der Waals surface area contributed by atoms with E-state index in [2.05, 4.69) is 42.0 Å². The zero-order valence-corrected chi connectivity index (χ0v) is 15.2. The fourth-order valence-corrected chi connectivity index (χ4v) is 2.22. The molecule has 0 saturated heterocycles. The molecule has 2 N–H and O–H groups in total. The van der Waals surface area contributed by atoms with Crippen molar-refractivity contribution in [1.82, 2.24) is 5.32 Å². The van der Waals surface area contributed by atoms with Crippen molar-refractivity contribution in [3.63, 3.8) is 0 Å². The molecular weight excluding hydrogens is 334 g/mol. The summed E-state index contributed by atoms with van der Waals surface area (Å²) < 4.78 is 12.0. The topological polar surface area (TPSA) is 50.7 Å². The summed E-state index contributed by atoms with van der Waals surface area (Å²) in [5.41, 5.74) is 1.15. The molecule has 0 saturated carbocycles. The van der Waals surface area contributed by atoms with Gasteiger partial charge in [0.15, 0.2) is 11.5 Å². The highest BCUT2D eigenvalue weighted by atomic mass is 79.9. The third-order valence-corrected chi connectivity index (χ3v) is 3.68. The molecule has 5 heteroatoms. The summed E-state index contributed by atoms with van der Waals surface area (Å²) in [6.07, 6.45) is -0.863. The van der Waals surface area contributed by atoms with Gasteiger partial charge in [0.05, 0.1) is 17.7 Å². The predicted molar refractivity (Wildman–Crippen MR) is 89.1 cm³/mol. The minimum absolute atomic E-state index is 0.0513. The van der Waals surface area contributed by atoms with Crippen molar-refractivity contribution in [3.8, 4) is 11.5 Å². The van der Waals surface area contributed by atoms with E-state index in [1.54, 1.807) is 14.0 Å². The Bertz CT molecular complexity index is 469. The van der Waals surface area contributed by atoms with E-state index in [4.69, 9.17) is 9.47 Å². The number of rotatable bonds is 6. The highest BCUT2D eigenvalue weighted by Gasteiger charge is 2.18. The van der Waals surface area contributed by atoms with E-state index >= 15 is 0 Å². The maximum atomic E-state index is 9.57. The van der Waals surface area contributed by atoms with Crippen LogP contribution in [0.3, 0.4) is 0 Å². The minimum atomic E-state index is -0.552. The lowest BCUT2D eigenvalue weighted by Crippen LogP contribution is -2.35. The Hall–Kier alpha value is -0.780. The first-order valence-electron chi connectivity index (χ1n) is 7.10. The molecule has 0 aromatic heterocycles. The summed E-state index contributed by atoms with van der Waals surface area (Å²) in [5.74, 6) is 1.27. The van der Waals surface area contributed by atoms with Gasteiger partial charge in [-0.05, 0) is 68.2 Å². The van der Waals surface area contributed by atoms with Crippen molar-refractivity contribution in [2.45, 2.75) is 58.9 Å². The summed E-state index contributed by atoms with van der Waals surface area (Å²) in [7, 11) is 1.61. The molecule has 0 aliphatic carbocycles.